The summed E-state index contributed by atoms with van der Waals surface area (Å²) in [5, 5.41) is 17.4. The van der Waals surface area contributed by atoms with E-state index in [0.717, 1.165) is 11.3 Å². The van der Waals surface area contributed by atoms with Crippen molar-refractivity contribution >= 4 is 34.1 Å². The molecule has 30 heavy (non-hydrogen) atoms. The van der Waals surface area contributed by atoms with Gasteiger partial charge in [0.1, 0.15) is 16.8 Å². The van der Waals surface area contributed by atoms with Crippen LogP contribution >= 0.6 is 11.3 Å². The molecule has 0 radical (unpaired) electrons. The molecule has 0 bridgehead atoms. The summed E-state index contributed by atoms with van der Waals surface area (Å²) >= 11 is 1.26. The Morgan fingerprint density at radius 3 is 2.30 bits per heavy atom. The number of carbonyl (C=O) groups excluding carboxylic acids is 2. The molecule has 3 N–H and O–H groups in total. The van der Waals surface area contributed by atoms with Gasteiger partial charge in [0, 0.05) is 11.3 Å². The van der Waals surface area contributed by atoms with Crippen molar-refractivity contribution in [2.75, 3.05) is 17.7 Å². The van der Waals surface area contributed by atoms with Crippen molar-refractivity contribution in [3.8, 4) is 16.3 Å². The topological polar surface area (TPSA) is 105 Å². The van der Waals surface area contributed by atoms with Gasteiger partial charge in [-0.05, 0) is 42.3 Å². The first kappa shape index (κ1) is 21.3. The van der Waals surface area contributed by atoms with Crippen LogP contribution in [0.15, 0.2) is 54.6 Å². The molecule has 1 heterocycles. The summed E-state index contributed by atoms with van der Waals surface area (Å²) in [6.07, 6.45) is 0. The van der Waals surface area contributed by atoms with Gasteiger partial charge in [0.05, 0.1) is 7.11 Å². The van der Waals surface area contributed by atoms with Crippen LogP contribution < -0.4 is 20.7 Å². The number of methoxy groups -OCH3 is 1. The fraction of sp³-hybridized carbons (Fsp3) is 0.238. The number of hydrogen-bond donors (Lipinski definition) is 3. The van der Waals surface area contributed by atoms with E-state index in [1.54, 1.807) is 19.2 Å². The molecule has 9 heteroatoms. The number of nitrogens with one attached hydrogen (secondary N) is 3. The molecule has 0 saturated heterocycles. The Labute approximate surface area is 178 Å². The highest BCUT2D eigenvalue weighted by Gasteiger charge is 2.25. The summed E-state index contributed by atoms with van der Waals surface area (Å²) in [5.74, 6) is 0.266. The minimum atomic E-state index is -0.734. The van der Waals surface area contributed by atoms with E-state index < -0.39 is 12.1 Å². The van der Waals surface area contributed by atoms with Crippen molar-refractivity contribution in [3.05, 3.63) is 54.6 Å². The first-order valence-corrected chi connectivity index (χ1v) is 10.2. The Kier molecular flexibility index (Phi) is 6.97. The maximum Gasteiger partial charge on any atom is 0.319 e. The SMILES string of the molecule is COc1ccc(-c2nnc(NC(=O)C(NC(=O)Nc3ccccc3)C(C)C)s2)cc1. The van der Waals surface area contributed by atoms with Crippen molar-refractivity contribution in [2.24, 2.45) is 5.92 Å². The minimum Gasteiger partial charge on any atom is -0.497 e. The van der Waals surface area contributed by atoms with Crippen LogP contribution in [0.3, 0.4) is 0 Å². The highest BCUT2D eigenvalue weighted by atomic mass is 32.1. The average Bonchev–Trinajstić information content (AvgIpc) is 3.21. The Hall–Kier alpha value is -3.46. The zero-order valence-electron chi connectivity index (χ0n) is 16.9. The molecular weight excluding hydrogens is 402 g/mol. The van der Waals surface area contributed by atoms with Gasteiger partial charge in [-0.3, -0.25) is 10.1 Å². The molecule has 0 spiro atoms. The largest absolute Gasteiger partial charge is 0.497 e. The fourth-order valence-electron chi connectivity index (χ4n) is 2.67. The van der Waals surface area contributed by atoms with Crippen LogP contribution in [-0.2, 0) is 4.79 Å². The Balaban J connectivity index is 1.63. The van der Waals surface area contributed by atoms with Gasteiger partial charge in [0.15, 0.2) is 0 Å². The zero-order valence-corrected chi connectivity index (χ0v) is 17.7. The monoisotopic (exact) mass is 425 g/mol. The predicted molar refractivity (Wildman–Crippen MR) is 118 cm³/mol. The van der Waals surface area contributed by atoms with Crippen molar-refractivity contribution in [2.45, 2.75) is 19.9 Å². The third-order valence-electron chi connectivity index (χ3n) is 4.26. The van der Waals surface area contributed by atoms with E-state index in [-0.39, 0.29) is 11.8 Å². The summed E-state index contributed by atoms with van der Waals surface area (Å²) in [4.78, 5) is 25.0. The molecule has 1 atom stereocenters. The molecule has 2 aromatic carbocycles. The third kappa shape index (κ3) is 5.54. The highest BCUT2D eigenvalue weighted by molar-refractivity contribution is 7.18. The number of ether oxygens (including phenoxy) is 1. The third-order valence-corrected chi connectivity index (χ3v) is 5.15. The molecule has 3 amide bonds. The predicted octanol–water partition coefficient (Wildman–Crippen LogP) is 4.00. The van der Waals surface area contributed by atoms with Crippen LogP contribution in [0.25, 0.3) is 10.6 Å². The molecule has 3 aromatic rings. The van der Waals surface area contributed by atoms with E-state index in [1.165, 1.54) is 11.3 Å². The van der Waals surface area contributed by atoms with Crippen LogP contribution in [0.5, 0.6) is 5.75 Å². The van der Waals surface area contributed by atoms with E-state index in [2.05, 4.69) is 26.1 Å². The second-order valence-electron chi connectivity index (χ2n) is 6.82. The zero-order chi connectivity index (χ0) is 21.5. The maximum absolute atomic E-state index is 12.7. The Morgan fingerprint density at radius 2 is 1.67 bits per heavy atom. The van der Waals surface area contributed by atoms with Gasteiger partial charge in [-0.1, -0.05) is 43.4 Å². The summed E-state index contributed by atoms with van der Waals surface area (Å²) in [6, 6.07) is 15.3. The molecule has 0 aliphatic rings. The summed E-state index contributed by atoms with van der Waals surface area (Å²) in [6.45, 7) is 3.71. The number of para-hydroxylation sites is 1. The van der Waals surface area contributed by atoms with Crippen LogP contribution in [0, 0.1) is 5.92 Å². The van der Waals surface area contributed by atoms with Gasteiger partial charge in [-0.15, -0.1) is 10.2 Å². The smallest absolute Gasteiger partial charge is 0.319 e. The molecule has 8 nitrogen and oxygen atoms in total. The molecule has 3 rings (SSSR count). The number of hydrogen-bond acceptors (Lipinski definition) is 6. The summed E-state index contributed by atoms with van der Waals surface area (Å²) in [7, 11) is 1.60. The first-order valence-electron chi connectivity index (χ1n) is 9.37. The molecule has 1 aromatic heterocycles. The lowest BCUT2D eigenvalue weighted by Crippen LogP contribution is -2.48. The van der Waals surface area contributed by atoms with Gasteiger partial charge < -0.3 is 15.4 Å². The maximum atomic E-state index is 12.7. The molecular formula is C21H23N5O3S. The van der Waals surface area contributed by atoms with Crippen molar-refractivity contribution in [3.63, 3.8) is 0 Å². The van der Waals surface area contributed by atoms with Crippen LogP contribution in [0.2, 0.25) is 0 Å². The van der Waals surface area contributed by atoms with Gasteiger partial charge in [0.25, 0.3) is 0 Å². The standard InChI is InChI=1S/C21H23N5O3S/c1-13(2)17(23-20(28)22-15-7-5-4-6-8-15)18(27)24-21-26-25-19(30-21)14-9-11-16(29-3)12-10-14/h4-13,17H,1-3H3,(H2,22,23,28)(H,24,26,27). The van der Waals surface area contributed by atoms with Crippen LogP contribution in [0.1, 0.15) is 13.8 Å². The van der Waals surface area contributed by atoms with E-state index in [9.17, 15) is 9.59 Å². The van der Waals surface area contributed by atoms with Crippen LogP contribution in [-0.4, -0.2) is 35.3 Å². The number of nitrogens with zero attached hydrogens (tertiary/aromatic N) is 2. The number of urea groups is 1. The Bertz CT molecular complexity index is 989. The molecule has 1 unspecified atom stereocenters. The number of rotatable bonds is 7. The van der Waals surface area contributed by atoms with Crippen molar-refractivity contribution in [1.82, 2.24) is 15.5 Å². The second-order valence-corrected chi connectivity index (χ2v) is 7.79. The quantitative estimate of drug-likeness (QED) is 0.531. The van der Waals surface area contributed by atoms with E-state index in [1.807, 2.05) is 56.3 Å². The molecule has 0 aliphatic heterocycles. The van der Waals surface area contributed by atoms with E-state index in [4.69, 9.17) is 4.74 Å². The molecule has 0 saturated carbocycles. The molecule has 0 fully saturated rings. The second kappa shape index (κ2) is 9.84. The first-order chi connectivity index (χ1) is 14.5. The van der Waals surface area contributed by atoms with Gasteiger partial charge >= 0.3 is 6.03 Å². The highest BCUT2D eigenvalue weighted by Crippen LogP contribution is 2.28. The number of anilines is 2. The van der Waals surface area contributed by atoms with Gasteiger partial charge in [0.2, 0.25) is 11.0 Å². The van der Waals surface area contributed by atoms with Gasteiger partial charge in [-0.25, -0.2) is 4.79 Å². The lowest BCUT2D eigenvalue weighted by molar-refractivity contribution is -0.118. The molecule has 0 aliphatic carbocycles. The normalized spacial score (nSPS) is 11.6. The van der Waals surface area contributed by atoms with Gasteiger partial charge in [-0.2, -0.15) is 0 Å². The number of carbonyl (C=O) groups is 2. The number of aromatic nitrogens is 2. The van der Waals surface area contributed by atoms with Crippen molar-refractivity contribution < 1.29 is 14.3 Å². The molecule has 156 valence electrons. The number of amides is 3. The van der Waals surface area contributed by atoms with Crippen LogP contribution in [0.4, 0.5) is 15.6 Å². The van der Waals surface area contributed by atoms with E-state index in [0.29, 0.717) is 15.8 Å². The summed E-state index contributed by atoms with van der Waals surface area (Å²) in [5.41, 5.74) is 1.51. The van der Waals surface area contributed by atoms with E-state index >= 15 is 0 Å². The lowest BCUT2D eigenvalue weighted by atomic mass is 10.0. The lowest BCUT2D eigenvalue weighted by Gasteiger charge is -2.21. The fourth-order valence-corrected chi connectivity index (χ4v) is 3.42. The average molecular weight is 426 g/mol. The number of benzene rings is 2. The minimum absolute atomic E-state index is 0.125. The summed E-state index contributed by atoms with van der Waals surface area (Å²) < 4.78 is 5.15. The van der Waals surface area contributed by atoms with Crippen molar-refractivity contribution in [1.29, 1.82) is 0 Å². The Morgan fingerprint density at radius 1 is 0.967 bits per heavy atom.